The summed E-state index contributed by atoms with van der Waals surface area (Å²) in [6.45, 7) is 5.86. The van der Waals surface area contributed by atoms with Gasteiger partial charge in [0.05, 0.1) is 0 Å². The standard InChI is InChI=1S/C18H30F3N3O/c1-12-10-23(11-14-7-8-17(22-9-14)18(19,20)21)15-5-3-4-6-16(15)24(12)13(2)25/h12,14-17,22H,3-11H2,1-2H3/t12-,14?,15?,16?,17?/m0/s1. The number of nitrogens with one attached hydrogen (secondary N) is 1. The number of piperazine rings is 1. The summed E-state index contributed by atoms with van der Waals surface area (Å²) >= 11 is 0. The number of carbonyl (C=O) groups excluding carboxylic acids is 1. The van der Waals surface area contributed by atoms with Gasteiger partial charge < -0.3 is 10.2 Å². The second kappa shape index (κ2) is 7.43. The predicted octanol–water partition coefficient (Wildman–Crippen LogP) is 2.78. The molecule has 2 heterocycles. The highest BCUT2D eigenvalue weighted by molar-refractivity contribution is 5.74. The zero-order valence-corrected chi connectivity index (χ0v) is 15.2. The summed E-state index contributed by atoms with van der Waals surface area (Å²) in [6, 6.07) is -0.528. The van der Waals surface area contributed by atoms with Crippen molar-refractivity contribution in [3.63, 3.8) is 0 Å². The molecule has 7 heteroatoms. The number of piperidine rings is 1. The molecule has 0 radical (unpaired) electrons. The van der Waals surface area contributed by atoms with Crippen molar-refractivity contribution in [2.75, 3.05) is 19.6 Å². The highest BCUT2D eigenvalue weighted by Crippen LogP contribution is 2.34. The molecule has 0 bridgehead atoms. The Morgan fingerprint density at radius 2 is 1.80 bits per heavy atom. The highest BCUT2D eigenvalue weighted by Gasteiger charge is 2.44. The average Bonchev–Trinajstić information content (AvgIpc) is 2.54. The van der Waals surface area contributed by atoms with Gasteiger partial charge in [-0.3, -0.25) is 9.69 Å². The Morgan fingerprint density at radius 3 is 2.36 bits per heavy atom. The summed E-state index contributed by atoms with van der Waals surface area (Å²) in [4.78, 5) is 16.6. The number of nitrogens with zero attached hydrogens (tertiary/aromatic N) is 2. The Bertz CT molecular complexity index is 477. The van der Waals surface area contributed by atoms with E-state index < -0.39 is 12.2 Å². The van der Waals surface area contributed by atoms with E-state index >= 15 is 0 Å². The van der Waals surface area contributed by atoms with E-state index in [-0.39, 0.29) is 30.3 Å². The van der Waals surface area contributed by atoms with Crippen molar-refractivity contribution in [1.29, 1.82) is 0 Å². The van der Waals surface area contributed by atoms with Gasteiger partial charge in [0.25, 0.3) is 0 Å². The number of amides is 1. The van der Waals surface area contributed by atoms with Gasteiger partial charge in [0, 0.05) is 38.1 Å². The Kier molecular flexibility index (Phi) is 5.63. The van der Waals surface area contributed by atoms with E-state index in [1.54, 1.807) is 6.92 Å². The smallest absolute Gasteiger partial charge is 0.334 e. The second-order valence-corrected chi connectivity index (χ2v) is 8.09. The second-order valence-electron chi connectivity index (χ2n) is 8.09. The van der Waals surface area contributed by atoms with Gasteiger partial charge in [-0.1, -0.05) is 12.8 Å². The molecule has 5 atom stereocenters. The molecular weight excluding hydrogens is 331 g/mol. The number of alkyl halides is 3. The average molecular weight is 361 g/mol. The maximum Gasteiger partial charge on any atom is 0.403 e. The van der Waals surface area contributed by atoms with Crippen molar-refractivity contribution < 1.29 is 18.0 Å². The molecule has 1 amide bonds. The first-order valence-electron chi connectivity index (χ1n) is 9.60. The Morgan fingerprint density at radius 1 is 1.12 bits per heavy atom. The van der Waals surface area contributed by atoms with Crippen LogP contribution in [-0.2, 0) is 4.79 Å². The molecule has 0 aromatic heterocycles. The van der Waals surface area contributed by atoms with Crippen LogP contribution >= 0.6 is 0 Å². The Balaban J connectivity index is 1.62. The lowest BCUT2D eigenvalue weighted by Crippen LogP contribution is -2.66. The summed E-state index contributed by atoms with van der Waals surface area (Å²) in [6.07, 6.45) is 1.12. The van der Waals surface area contributed by atoms with Crippen molar-refractivity contribution in [2.45, 2.75) is 82.7 Å². The maximum absolute atomic E-state index is 12.8. The number of carbonyl (C=O) groups is 1. The van der Waals surface area contributed by atoms with E-state index in [1.165, 1.54) is 6.42 Å². The van der Waals surface area contributed by atoms with E-state index in [9.17, 15) is 18.0 Å². The number of fused-ring (bicyclic) bond motifs is 1. The molecule has 1 aliphatic carbocycles. The minimum atomic E-state index is -4.14. The molecule has 0 spiro atoms. The third-order valence-electron chi connectivity index (χ3n) is 6.26. The van der Waals surface area contributed by atoms with E-state index in [4.69, 9.17) is 0 Å². The summed E-state index contributed by atoms with van der Waals surface area (Å²) in [5.41, 5.74) is 0. The molecule has 1 saturated carbocycles. The molecule has 2 saturated heterocycles. The zero-order chi connectivity index (χ0) is 18.2. The van der Waals surface area contributed by atoms with Gasteiger partial charge in [0.1, 0.15) is 6.04 Å². The van der Waals surface area contributed by atoms with Crippen LogP contribution in [-0.4, -0.2) is 65.7 Å². The Hall–Kier alpha value is -0.820. The molecule has 2 aliphatic heterocycles. The molecule has 0 aromatic rings. The fourth-order valence-electron chi connectivity index (χ4n) is 5.17. The minimum Gasteiger partial charge on any atom is -0.334 e. The van der Waals surface area contributed by atoms with Crippen molar-refractivity contribution >= 4 is 5.91 Å². The number of hydrogen-bond acceptors (Lipinski definition) is 3. The van der Waals surface area contributed by atoms with Gasteiger partial charge in [-0.25, -0.2) is 0 Å². The van der Waals surface area contributed by atoms with Crippen molar-refractivity contribution in [2.24, 2.45) is 5.92 Å². The molecular formula is C18H30F3N3O. The fourth-order valence-corrected chi connectivity index (χ4v) is 5.17. The number of hydrogen-bond donors (Lipinski definition) is 1. The van der Waals surface area contributed by atoms with E-state index in [0.29, 0.717) is 19.0 Å². The van der Waals surface area contributed by atoms with Crippen LogP contribution in [0, 0.1) is 5.92 Å². The van der Waals surface area contributed by atoms with Crippen LogP contribution < -0.4 is 5.32 Å². The summed E-state index contributed by atoms with van der Waals surface area (Å²) in [5, 5.41) is 2.69. The van der Waals surface area contributed by atoms with Crippen LogP contribution in [0.2, 0.25) is 0 Å². The monoisotopic (exact) mass is 361 g/mol. The molecule has 0 aromatic carbocycles. The van der Waals surface area contributed by atoms with Crippen LogP contribution in [0.25, 0.3) is 0 Å². The van der Waals surface area contributed by atoms with E-state index in [1.807, 2.05) is 0 Å². The van der Waals surface area contributed by atoms with E-state index in [0.717, 1.165) is 32.4 Å². The first kappa shape index (κ1) is 19.0. The molecule has 4 nitrogen and oxygen atoms in total. The topological polar surface area (TPSA) is 35.6 Å². The summed E-state index contributed by atoms with van der Waals surface area (Å²) < 4.78 is 38.4. The normalized spacial score (nSPS) is 37.6. The molecule has 3 fully saturated rings. The lowest BCUT2D eigenvalue weighted by Gasteiger charge is -2.53. The van der Waals surface area contributed by atoms with Crippen LogP contribution in [0.3, 0.4) is 0 Å². The van der Waals surface area contributed by atoms with Gasteiger partial charge in [0.15, 0.2) is 0 Å². The lowest BCUT2D eigenvalue weighted by molar-refractivity contribution is -0.162. The maximum atomic E-state index is 12.8. The van der Waals surface area contributed by atoms with E-state index in [2.05, 4.69) is 22.0 Å². The number of halogens is 3. The van der Waals surface area contributed by atoms with Gasteiger partial charge in [-0.05, 0) is 45.1 Å². The van der Waals surface area contributed by atoms with Gasteiger partial charge in [-0.2, -0.15) is 13.2 Å². The SMILES string of the molecule is CC(=O)N1C2CCCCC2N(CC2CCC(C(F)(F)F)NC2)C[C@@H]1C. The molecule has 3 rings (SSSR count). The van der Waals surface area contributed by atoms with Crippen molar-refractivity contribution in [1.82, 2.24) is 15.1 Å². The van der Waals surface area contributed by atoms with Gasteiger partial charge >= 0.3 is 6.18 Å². The van der Waals surface area contributed by atoms with Crippen LogP contribution in [0.4, 0.5) is 13.2 Å². The number of rotatable bonds is 2. The summed E-state index contributed by atoms with van der Waals surface area (Å²) in [7, 11) is 0. The zero-order valence-electron chi connectivity index (χ0n) is 15.2. The first-order valence-corrected chi connectivity index (χ1v) is 9.60. The van der Waals surface area contributed by atoms with Crippen LogP contribution in [0.1, 0.15) is 52.4 Å². The first-order chi connectivity index (χ1) is 11.8. The molecule has 4 unspecified atom stereocenters. The Labute approximate surface area is 148 Å². The van der Waals surface area contributed by atoms with Crippen molar-refractivity contribution in [3.05, 3.63) is 0 Å². The predicted molar refractivity (Wildman–Crippen MR) is 90.2 cm³/mol. The highest BCUT2D eigenvalue weighted by atomic mass is 19.4. The third kappa shape index (κ3) is 4.13. The molecule has 3 aliphatic rings. The molecule has 25 heavy (non-hydrogen) atoms. The van der Waals surface area contributed by atoms with Gasteiger partial charge in [-0.15, -0.1) is 0 Å². The fraction of sp³-hybridized carbons (Fsp3) is 0.944. The van der Waals surface area contributed by atoms with Crippen LogP contribution in [0.5, 0.6) is 0 Å². The van der Waals surface area contributed by atoms with Gasteiger partial charge in [0.2, 0.25) is 5.91 Å². The summed E-state index contributed by atoms with van der Waals surface area (Å²) in [5.74, 6) is 0.411. The minimum absolute atomic E-state index is 0.149. The molecule has 144 valence electrons. The largest absolute Gasteiger partial charge is 0.403 e. The molecule has 1 N–H and O–H groups in total. The van der Waals surface area contributed by atoms with Crippen LogP contribution in [0.15, 0.2) is 0 Å². The van der Waals surface area contributed by atoms with Crippen molar-refractivity contribution in [3.8, 4) is 0 Å². The third-order valence-corrected chi connectivity index (χ3v) is 6.26. The lowest BCUT2D eigenvalue weighted by atomic mass is 9.83. The quantitative estimate of drug-likeness (QED) is 0.822.